The Balaban J connectivity index is 1.30. The van der Waals surface area contributed by atoms with Crippen molar-refractivity contribution in [1.82, 2.24) is 5.16 Å². The van der Waals surface area contributed by atoms with Crippen LogP contribution < -0.4 is 4.74 Å². The number of aryl methyl sites for hydroxylation is 2. The van der Waals surface area contributed by atoms with E-state index in [1.165, 1.54) is 12.8 Å². The maximum Gasteiger partial charge on any atom is 0.216 e. The van der Waals surface area contributed by atoms with Crippen molar-refractivity contribution in [3.63, 3.8) is 0 Å². The second-order valence-electron chi connectivity index (χ2n) is 7.04. The highest BCUT2D eigenvalue weighted by atomic mass is 35.5. The van der Waals surface area contributed by atoms with Crippen LogP contribution in [0.4, 0.5) is 0 Å². The average Bonchev–Trinajstić information content (AvgIpc) is 3.26. The Bertz CT molecular complexity index is 773. The number of hydrogen-bond acceptors (Lipinski definition) is 5. The molecule has 0 bridgehead atoms. The molecule has 0 aliphatic carbocycles. The molecule has 0 saturated heterocycles. The summed E-state index contributed by atoms with van der Waals surface area (Å²) in [6.45, 7) is 5.28. The molecule has 2 heterocycles. The molecule has 1 unspecified atom stereocenters. The lowest BCUT2D eigenvalue weighted by Gasteiger charge is -2.09. The van der Waals surface area contributed by atoms with E-state index in [4.69, 9.17) is 25.6 Å². The summed E-state index contributed by atoms with van der Waals surface area (Å²) in [5, 5.41) is 4.50. The minimum atomic E-state index is 0.203. The number of halogens is 1. The molecule has 1 aromatic carbocycles. The molecule has 1 aliphatic rings. The third-order valence-electron chi connectivity index (χ3n) is 4.48. The maximum atomic E-state index is 6.34. The zero-order valence-electron chi connectivity index (χ0n) is 16.0. The molecule has 27 heavy (non-hydrogen) atoms. The Morgan fingerprint density at radius 2 is 1.96 bits per heavy atom. The first kappa shape index (κ1) is 19.7. The highest BCUT2D eigenvalue weighted by molar-refractivity contribution is 6.32. The smallest absolute Gasteiger partial charge is 0.216 e. The van der Waals surface area contributed by atoms with E-state index in [1.807, 2.05) is 38.1 Å². The summed E-state index contributed by atoms with van der Waals surface area (Å²) in [6.07, 6.45) is 6.65. The lowest BCUT2D eigenvalue weighted by atomic mass is 10.1. The van der Waals surface area contributed by atoms with Crippen molar-refractivity contribution in [2.45, 2.75) is 58.4 Å². The summed E-state index contributed by atoms with van der Waals surface area (Å²) in [5.74, 6) is 2.36. The fourth-order valence-electron chi connectivity index (χ4n) is 3.03. The molecule has 1 atom stereocenters. The quantitative estimate of drug-likeness (QED) is 0.511. The standard InChI is InChI=1S/C21H27ClN2O3/c1-15-12-18(27-24-15)8-6-4-3-5-7-11-25-20-10-9-17(13-19(20)22)21-23-16(2)14-26-21/h9-10,12-13,16H,3-8,11,14H2,1-2H3. The van der Waals surface area contributed by atoms with Gasteiger partial charge in [0.05, 0.1) is 23.4 Å². The Hall–Kier alpha value is -2.01. The molecule has 1 aliphatic heterocycles. The van der Waals surface area contributed by atoms with Gasteiger partial charge in [-0.05, 0) is 44.9 Å². The van der Waals surface area contributed by atoms with E-state index in [9.17, 15) is 0 Å². The predicted octanol–water partition coefficient (Wildman–Crippen LogP) is 5.37. The monoisotopic (exact) mass is 390 g/mol. The summed E-state index contributed by atoms with van der Waals surface area (Å²) >= 11 is 6.34. The molecule has 0 fully saturated rings. The summed E-state index contributed by atoms with van der Waals surface area (Å²) in [5.41, 5.74) is 1.85. The normalized spacial score (nSPS) is 16.3. The van der Waals surface area contributed by atoms with Crippen molar-refractivity contribution < 1.29 is 14.0 Å². The van der Waals surface area contributed by atoms with Crippen LogP contribution in [0.3, 0.4) is 0 Å². The third-order valence-corrected chi connectivity index (χ3v) is 4.77. The molecule has 6 heteroatoms. The Morgan fingerprint density at radius 3 is 2.67 bits per heavy atom. The minimum Gasteiger partial charge on any atom is -0.492 e. The van der Waals surface area contributed by atoms with Crippen molar-refractivity contribution in [2.24, 2.45) is 4.99 Å². The van der Waals surface area contributed by atoms with Gasteiger partial charge in [-0.1, -0.05) is 36.0 Å². The molecule has 146 valence electrons. The molecule has 0 spiro atoms. The van der Waals surface area contributed by atoms with Crippen LogP contribution in [0.5, 0.6) is 5.75 Å². The van der Waals surface area contributed by atoms with Gasteiger partial charge >= 0.3 is 0 Å². The van der Waals surface area contributed by atoms with Gasteiger partial charge in [0.15, 0.2) is 0 Å². The van der Waals surface area contributed by atoms with Crippen molar-refractivity contribution in [2.75, 3.05) is 13.2 Å². The highest BCUT2D eigenvalue weighted by Gasteiger charge is 2.17. The van der Waals surface area contributed by atoms with E-state index in [2.05, 4.69) is 10.1 Å². The van der Waals surface area contributed by atoms with E-state index in [0.717, 1.165) is 42.7 Å². The van der Waals surface area contributed by atoms with Crippen LogP contribution in [0.25, 0.3) is 0 Å². The second-order valence-corrected chi connectivity index (χ2v) is 7.45. The van der Waals surface area contributed by atoms with Crippen LogP contribution in [0.15, 0.2) is 33.8 Å². The fourth-order valence-corrected chi connectivity index (χ4v) is 3.27. The first-order valence-electron chi connectivity index (χ1n) is 9.67. The van der Waals surface area contributed by atoms with Crippen LogP contribution in [0.2, 0.25) is 5.02 Å². The van der Waals surface area contributed by atoms with Gasteiger partial charge < -0.3 is 14.0 Å². The molecular formula is C21H27ClN2O3. The molecule has 0 amide bonds. The summed E-state index contributed by atoms with van der Waals surface area (Å²) in [7, 11) is 0. The van der Waals surface area contributed by atoms with Gasteiger partial charge in [-0.3, -0.25) is 0 Å². The van der Waals surface area contributed by atoms with E-state index in [1.54, 1.807) is 0 Å². The minimum absolute atomic E-state index is 0.203. The number of rotatable bonds is 10. The molecule has 1 aromatic heterocycles. The Morgan fingerprint density at radius 1 is 1.15 bits per heavy atom. The van der Waals surface area contributed by atoms with Crippen molar-refractivity contribution in [3.8, 4) is 5.75 Å². The molecular weight excluding hydrogens is 364 g/mol. The number of nitrogens with zero attached hydrogens (tertiary/aromatic N) is 2. The van der Waals surface area contributed by atoms with E-state index >= 15 is 0 Å². The summed E-state index contributed by atoms with van der Waals surface area (Å²) in [4.78, 5) is 4.45. The maximum absolute atomic E-state index is 6.34. The molecule has 0 radical (unpaired) electrons. The Labute approximate surface area is 165 Å². The zero-order valence-corrected chi connectivity index (χ0v) is 16.8. The van der Waals surface area contributed by atoms with Gasteiger partial charge in [0, 0.05) is 18.1 Å². The highest BCUT2D eigenvalue weighted by Crippen LogP contribution is 2.27. The zero-order chi connectivity index (χ0) is 19.1. The van der Waals surface area contributed by atoms with Crippen molar-refractivity contribution in [1.29, 1.82) is 0 Å². The van der Waals surface area contributed by atoms with Crippen LogP contribution >= 0.6 is 11.6 Å². The topological polar surface area (TPSA) is 56.9 Å². The SMILES string of the molecule is Cc1cc(CCCCCCCOc2ccc(C3=NC(C)CO3)cc2Cl)on1. The first-order valence-corrected chi connectivity index (χ1v) is 10.0. The van der Waals surface area contributed by atoms with Crippen molar-refractivity contribution >= 4 is 17.5 Å². The molecule has 0 saturated carbocycles. The van der Waals surface area contributed by atoms with E-state index < -0.39 is 0 Å². The van der Waals surface area contributed by atoms with Gasteiger partial charge in [-0.25, -0.2) is 4.99 Å². The number of aliphatic imine (C=N–C) groups is 1. The van der Waals surface area contributed by atoms with Gasteiger partial charge in [-0.2, -0.15) is 0 Å². The molecule has 0 N–H and O–H groups in total. The molecule has 2 aromatic rings. The van der Waals surface area contributed by atoms with E-state index in [0.29, 0.717) is 29.9 Å². The fraction of sp³-hybridized carbons (Fsp3) is 0.524. The van der Waals surface area contributed by atoms with Gasteiger partial charge in [0.1, 0.15) is 18.1 Å². The number of ether oxygens (including phenoxy) is 2. The second kappa shape index (κ2) is 9.79. The third kappa shape index (κ3) is 5.99. The predicted molar refractivity (Wildman–Crippen MR) is 107 cm³/mol. The molecule has 5 nitrogen and oxygen atoms in total. The molecule has 3 rings (SSSR count). The largest absolute Gasteiger partial charge is 0.492 e. The summed E-state index contributed by atoms with van der Waals surface area (Å²) in [6, 6.07) is 7.91. The van der Waals surface area contributed by atoms with Crippen LogP contribution in [-0.2, 0) is 11.2 Å². The summed E-state index contributed by atoms with van der Waals surface area (Å²) < 4.78 is 16.6. The lowest BCUT2D eigenvalue weighted by molar-refractivity contribution is 0.304. The Kier molecular flexibility index (Phi) is 7.16. The number of benzene rings is 1. The lowest BCUT2D eigenvalue weighted by Crippen LogP contribution is -2.03. The van der Waals surface area contributed by atoms with Crippen LogP contribution in [0.1, 0.15) is 56.0 Å². The average molecular weight is 391 g/mol. The van der Waals surface area contributed by atoms with Crippen molar-refractivity contribution in [3.05, 3.63) is 46.3 Å². The van der Waals surface area contributed by atoms with Crippen LogP contribution in [0, 0.1) is 6.92 Å². The van der Waals surface area contributed by atoms with E-state index in [-0.39, 0.29) is 6.04 Å². The van der Waals surface area contributed by atoms with Gasteiger partial charge in [0.25, 0.3) is 0 Å². The van der Waals surface area contributed by atoms with Gasteiger partial charge in [-0.15, -0.1) is 0 Å². The van der Waals surface area contributed by atoms with Gasteiger partial charge in [0.2, 0.25) is 5.90 Å². The number of hydrogen-bond donors (Lipinski definition) is 0. The first-order chi connectivity index (χ1) is 13.1. The van der Waals surface area contributed by atoms with Crippen LogP contribution in [-0.4, -0.2) is 30.3 Å². The number of aromatic nitrogens is 1. The number of unbranched alkanes of at least 4 members (excludes halogenated alkanes) is 4.